The molecule has 3 aromatic rings. The van der Waals surface area contributed by atoms with Gasteiger partial charge in [0.05, 0.1) is 28.3 Å². The molecule has 0 aliphatic rings. The molecule has 0 spiro atoms. The number of nitrogens with one attached hydrogen (secondary N) is 1. The lowest BCUT2D eigenvalue weighted by Gasteiger charge is -2.21. The highest BCUT2D eigenvalue weighted by molar-refractivity contribution is 5.80. The topological polar surface area (TPSA) is 49.3 Å². The second kappa shape index (κ2) is 11.0. The second-order valence-electron chi connectivity index (χ2n) is 9.47. The molecular formula is C27H21F10NO2. The Balaban J connectivity index is 2.28. The van der Waals surface area contributed by atoms with E-state index in [2.05, 4.69) is 5.32 Å². The lowest BCUT2D eigenvalue weighted by atomic mass is 9.88. The summed E-state index contributed by atoms with van der Waals surface area (Å²) in [6, 6.07) is 5.39. The monoisotopic (exact) mass is 581 g/mol. The van der Waals surface area contributed by atoms with E-state index in [4.69, 9.17) is 0 Å². The van der Waals surface area contributed by atoms with E-state index < -0.39 is 58.6 Å². The molecule has 0 heterocycles. The van der Waals surface area contributed by atoms with Crippen molar-refractivity contribution in [2.45, 2.75) is 44.7 Å². The van der Waals surface area contributed by atoms with Crippen LogP contribution in [0.2, 0.25) is 0 Å². The third-order valence-corrected chi connectivity index (χ3v) is 5.85. The van der Waals surface area contributed by atoms with E-state index in [9.17, 15) is 53.8 Å². The predicted octanol–water partition coefficient (Wildman–Crippen LogP) is 9.51. The number of rotatable bonds is 7. The quantitative estimate of drug-likeness (QED) is 0.273. The van der Waals surface area contributed by atoms with Gasteiger partial charge in [0.1, 0.15) is 5.82 Å². The van der Waals surface area contributed by atoms with Gasteiger partial charge < -0.3 is 10.4 Å². The minimum Gasteiger partial charge on any atom is -0.481 e. The summed E-state index contributed by atoms with van der Waals surface area (Å²) < 4.78 is 135. The fraction of sp³-hybridized carbons (Fsp3) is 0.296. The third-order valence-electron chi connectivity index (χ3n) is 5.85. The lowest BCUT2D eigenvalue weighted by molar-refractivity contribution is -0.140. The van der Waals surface area contributed by atoms with Crippen LogP contribution in [0, 0.1) is 11.7 Å². The number of carbonyl (C=O) groups is 1. The van der Waals surface area contributed by atoms with Gasteiger partial charge in [-0.25, -0.2) is 4.39 Å². The molecule has 3 rings (SSSR count). The van der Waals surface area contributed by atoms with Gasteiger partial charge in [0.2, 0.25) is 0 Å². The van der Waals surface area contributed by atoms with Gasteiger partial charge in [-0.15, -0.1) is 0 Å². The molecule has 0 saturated carbocycles. The summed E-state index contributed by atoms with van der Waals surface area (Å²) in [5.41, 5.74) is -6.32. The highest BCUT2D eigenvalue weighted by atomic mass is 19.4. The molecular weight excluding hydrogens is 560 g/mol. The zero-order chi connectivity index (χ0) is 30.2. The van der Waals surface area contributed by atoms with E-state index in [0.29, 0.717) is 12.1 Å². The number of anilines is 2. The first-order valence-electron chi connectivity index (χ1n) is 11.6. The van der Waals surface area contributed by atoms with Crippen LogP contribution in [0.15, 0.2) is 54.6 Å². The van der Waals surface area contributed by atoms with Gasteiger partial charge in [-0.1, -0.05) is 19.9 Å². The standard InChI is InChI=1S/C27H21F10NO2/c1-13(2)5-21(24(39)40)16-6-14(15-7-18(26(32,33)34)11-19(28)8-15)9-20(10-16)38-23-12-17(25(29,30)31)3-4-22(23)27(35,36)37/h3-4,6-13,21,38H,5H2,1-2H3,(H,39,40). The lowest BCUT2D eigenvalue weighted by Crippen LogP contribution is -2.15. The maximum absolute atomic E-state index is 14.1. The minimum atomic E-state index is -5.10. The van der Waals surface area contributed by atoms with Crippen LogP contribution in [-0.4, -0.2) is 11.1 Å². The Labute approximate surface area is 221 Å². The van der Waals surface area contributed by atoms with Crippen LogP contribution >= 0.6 is 0 Å². The number of carboxylic acid groups (broad SMARTS) is 1. The Kier molecular flexibility index (Phi) is 8.47. The van der Waals surface area contributed by atoms with Gasteiger partial charge in [-0.2, -0.15) is 39.5 Å². The first kappa shape index (κ1) is 30.8. The third kappa shape index (κ3) is 7.45. The van der Waals surface area contributed by atoms with Crippen LogP contribution < -0.4 is 5.32 Å². The van der Waals surface area contributed by atoms with Gasteiger partial charge in [0.15, 0.2) is 0 Å². The highest BCUT2D eigenvalue weighted by Gasteiger charge is 2.37. The number of hydrogen-bond donors (Lipinski definition) is 2. The SMILES string of the molecule is CC(C)CC(C(=O)O)c1cc(Nc2cc(C(F)(F)F)ccc2C(F)(F)F)cc(-c2cc(F)cc(C(F)(F)F)c2)c1. The van der Waals surface area contributed by atoms with E-state index in [1.807, 2.05) is 0 Å². The number of aliphatic carboxylic acids is 1. The summed E-state index contributed by atoms with van der Waals surface area (Å²) in [6.07, 6.45) is -15.1. The maximum atomic E-state index is 14.1. The first-order chi connectivity index (χ1) is 18.3. The number of alkyl halides is 9. The predicted molar refractivity (Wildman–Crippen MR) is 126 cm³/mol. The molecule has 0 amide bonds. The summed E-state index contributed by atoms with van der Waals surface area (Å²) in [5.74, 6) is -4.16. The zero-order valence-corrected chi connectivity index (χ0v) is 20.7. The molecule has 0 saturated heterocycles. The van der Waals surface area contributed by atoms with Gasteiger partial charge in [-0.3, -0.25) is 4.79 Å². The number of benzene rings is 3. The van der Waals surface area contributed by atoms with Crippen molar-refractivity contribution in [3.63, 3.8) is 0 Å². The van der Waals surface area contributed by atoms with Crippen molar-refractivity contribution in [3.05, 3.63) is 82.7 Å². The Hall–Kier alpha value is -3.77. The Morgan fingerprint density at radius 1 is 0.775 bits per heavy atom. The van der Waals surface area contributed by atoms with E-state index in [1.54, 1.807) is 13.8 Å². The highest BCUT2D eigenvalue weighted by Crippen LogP contribution is 2.41. The molecule has 3 nitrogen and oxygen atoms in total. The van der Waals surface area contributed by atoms with Crippen molar-refractivity contribution in [1.82, 2.24) is 0 Å². The van der Waals surface area contributed by atoms with Crippen molar-refractivity contribution in [3.8, 4) is 11.1 Å². The fourth-order valence-electron chi connectivity index (χ4n) is 4.09. The molecule has 0 aliphatic heterocycles. The molecule has 40 heavy (non-hydrogen) atoms. The average Bonchev–Trinajstić information content (AvgIpc) is 2.79. The Bertz CT molecular complexity index is 1390. The van der Waals surface area contributed by atoms with E-state index >= 15 is 0 Å². The van der Waals surface area contributed by atoms with Crippen molar-refractivity contribution >= 4 is 17.3 Å². The van der Waals surface area contributed by atoms with Crippen molar-refractivity contribution in [1.29, 1.82) is 0 Å². The molecule has 1 unspecified atom stereocenters. The molecule has 0 aliphatic carbocycles. The van der Waals surface area contributed by atoms with E-state index in [1.165, 1.54) is 0 Å². The minimum absolute atomic E-state index is 0.00649. The molecule has 13 heteroatoms. The summed E-state index contributed by atoms with van der Waals surface area (Å²) in [6.45, 7) is 3.36. The maximum Gasteiger partial charge on any atom is 0.418 e. The summed E-state index contributed by atoms with van der Waals surface area (Å²) >= 11 is 0. The van der Waals surface area contributed by atoms with Crippen LogP contribution in [0.3, 0.4) is 0 Å². The van der Waals surface area contributed by atoms with Gasteiger partial charge in [-0.05, 0) is 77.6 Å². The molecule has 216 valence electrons. The van der Waals surface area contributed by atoms with Gasteiger partial charge in [0, 0.05) is 5.69 Å². The molecule has 0 fully saturated rings. The zero-order valence-electron chi connectivity index (χ0n) is 20.7. The normalized spacial score (nSPS) is 13.4. The van der Waals surface area contributed by atoms with Crippen LogP contribution in [0.5, 0.6) is 0 Å². The van der Waals surface area contributed by atoms with Crippen LogP contribution in [0.4, 0.5) is 55.3 Å². The van der Waals surface area contributed by atoms with Gasteiger partial charge in [0.25, 0.3) is 0 Å². The molecule has 0 bridgehead atoms. The second-order valence-corrected chi connectivity index (χ2v) is 9.47. The molecule has 1 atom stereocenters. The Morgan fingerprint density at radius 3 is 1.90 bits per heavy atom. The summed E-state index contributed by atoms with van der Waals surface area (Å²) in [4.78, 5) is 12.0. The number of halogens is 10. The molecule has 0 aromatic heterocycles. The van der Waals surface area contributed by atoms with E-state index in [0.717, 1.165) is 18.2 Å². The smallest absolute Gasteiger partial charge is 0.418 e. The largest absolute Gasteiger partial charge is 0.481 e. The molecule has 0 radical (unpaired) electrons. The number of hydrogen-bond acceptors (Lipinski definition) is 2. The van der Waals surface area contributed by atoms with Crippen molar-refractivity contribution in [2.24, 2.45) is 5.92 Å². The van der Waals surface area contributed by atoms with E-state index in [-0.39, 0.29) is 59.0 Å². The fourth-order valence-corrected chi connectivity index (χ4v) is 4.09. The van der Waals surface area contributed by atoms with Crippen LogP contribution in [0.1, 0.15) is 48.4 Å². The van der Waals surface area contributed by atoms with Crippen LogP contribution in [0.25, 0.3) is 11.1 Å². The van der Waals surface area contributed by atoms with Crippen molar-refractivity contribution in [2.75, 3.05) is 5.32 Å². The average molecular weight is 581 g/mol. The first-order valence-corrected chi connectivity index (χ1v) is 11.6. The molecule has 3 aromatic carbocycles. The Morgan fingerprint density at radius 2 is 1.38 bits per heavy atom. The molecule has 2 N–H and O–H groups in total. The number of carboxylic acids is 1. The van der Waals surface area contributed by atoms with Gasteiger partial charge >= 0.3 is 24.5 Å². The summed E-state index contributed by atoms with van der Waals surface area (Å²) in [7, 11) is 0. The van der Waals surface area contributed by atoms with Crippen LogP contribution in [-0.2, 0) is 23.3 Å². The van der Waals surface area contributed by atoms with Crippen molar-refractivity contribution < 1.29 is 53.8 Å². The summed E-state index contributed by atoms with van der Waals surface area (Å²) in [5, 5.41) is 12.0.